The van der Waals surface area contributed by atoms with Crippen molar-refractivity contribution in [2.75, 3.05) is 0 Å². The molecule has 240 valence electrons. The molecule has 2 aromatic heterocycles. The standard InChI is InChI=1S/C42H52N2.Pt/c1-9-39(10-2)31-21-17-22-32(29-31)40(11-3,12-4)37-27-20-28-38(44-37)42(15-7,16-8)34-24-18-23-33(30-34)41(13-5,14-6)36-26-19-25-35(39)43-36;/h17-28H,9-16H2,1-8H3;/q-2;+2. The van der Waals surface area contributed by atoms with Crippen LogP contribution in [-0.2, 0) is 42.7 Å². The Balaban J connectivity index is 0.00000461. The Hall–Kier alpha value is -2.57. The maximum absolute atomic E-state index is 5.62. The largest absolute Gasteiger partial charge is 2.00 e. The van der Waals surface area contributed by atoms with Crippen LogP contribution in [0.2, 0.25) is 0 Å². The topological polar surface area (TPSA) is 25.8 Å². The molecule has 3 heteroatoms. The van der Waals surface area contributed by atoms with Crippen LogP contribution in [0.4, 0.5) is 0 Å². The van der Waals surface area contributed by atoms with Crippen LogP contribution in [-0.4, -0.2) is 9.97 Å². The zero-order chi connectivity index (χ0) is 31.6. The third-order valence-electron chi connectivity index (χ3n) is 11.9. The Morgan fingerprint density at radius 1 is 0.378 bits per heavy atom. The molecule has 0 unspecified atom stereocenters. The predicted octanol–water partition coefficient (Wildman–Crippen LogP) is 10.8. The first-order chi connectivity index (χ1) is 21.3. The van der Waals surface area contributed by atoms with Crippen molar-refractivity contribution in [2.45, 2.75) is 128 Å². The molecule has 0 spiro atoms. The fraction of sp³-hybridized carbons (Fsp3) is 0.476. The summed E-state index contributed by atoms with van der Waals surface area (Å²) >= 11 is 0. The third kappa shape index (κ3) is 5.38. The van der Waals surface area contributed by atoms with Crippen LogP contribution < -0.4 is 0 Å². The van der Waals surface area contributed by atoms with Crippen LogP contribution in [0.15, 0.2) is 72.8 Å². The van der Waals surface area contributed by atoms with Crippen molar-refractivity contribution in [1.29, 1.82) is 0 Å². The minimum absolute atomic E-state index is 0. The van der Waals surface area contributed by atoms with Crippen molar-refractivity contribution < 1.29 is 21.1 Å². The Labute approximate surface area is 288 Å². The summed E-state index contributed by atoms with van der Waals surface area (Å²) in [5, 5.41) is 0. The fourth-order valence-electron chi connectivity index (χ4n) is 8.51. The molecule has 0 fully saturated rings. The molecule has 0 atom stereocenters. The molecular weight excluding hydrogens is 728 g/mol. The van der Waals surface area contributed by atoms with Gasteiger partial charge in [-0.15, -0.1) is 22.3 Å². The molecule has 45 heavy (non-hydrogen) atoms. The molecule has 0 N–H and O–H groups in total. The van der Waals surface area contributed by atoms with Crippen molar-refractivity contribution in [3.05, 3.63) is 130 Å². The monoisotopic (exact) mass is 779 g/mol. The van der Waals surface area contributed by atoms with Gasteiger partial charge in [-0.2, -0.15) is 48.5 Å². The predicted molar refractivity (Wildman–Crippen MR) is 184 cm³/mol. The van der Waals surface area contributed by atoms with Crippen LogP contribution in [0.1, 0.15) is 152 Å². The first-order valence-electron chi connectivity index (χ1n) is 17.4. The van der Waals surface area contributed by atoms with E-state index >= 15 is 0 Å². The molecule has 5 rings (SSSR count). The van der Waals surface area contributed by atoms with Gasteiger partial charge >= 0.3 is 21.1 Å². The molecule has 4 aromatic rings. The van der Waals surface area contributed by atoms with Crippen LogP contribution in [0.25, 0.3) is 0 Å². The quantitative estimate of drug-likeness (QED) is 0.167. The van der Waals surface area contributed by atoms with Crippen molar-refractivity contribution >= 4 is 0 Å². The fourth-order valence-corrected chi connectivity index (χ4v) is 8.51. The van der Waals surface area contributed by atoms with E-state index < -0.39 is 0 Å². The van der Waals surface area contributed by atoms with Gasteiger partial charge in [-0.1, -0.05) is 67.5 Å². The van der Waals surface area contributed by atoms with Gasteiger partial charge in [0, 0.05) is 44.4 Å². The number of rotatable bonds is 8. The molecule has 2 nitrogen and oxygen atoms in total. The summed E-state index contributed by atoms with van der Waals surface area (Å²) in [6.45, 7) is 18.5. The maximum atomic E-state index is 5.62. The molecular formula is C42H52N2Pt. The van der Waals surface area contributed by atoms with Gasteiger partial charge in [-0.05, 0) is 75.6 Å². The molecule has 0 aliphatic carbocycles. The number of pyridine rings is 2. The van der Waals surface area contributed by atoms with E-state index in [0.29, 0.717) is 0 Å². The summed E-state index contributed by atoms with van der Waals surface area (Å²) in [5.41, 5.74) is 8.63. The minimum Gasteiger partial charge on any atom is -0.256 e. The molecule has 0 saturated carbocycles. The molecule has 2 aromatic carbocycles. The Morgan fingerprint density at radius 2 is 0.578 bits per heavy atom. The van der Waals surface area contributed by atoms with Crippen molar-refractivity contribution in [3.63, 3.8) is 0 Å². The molecule has 8 bridgehead atoms. The second kappa shape index (κ2) is 14.0. The zero-order valence-electron chi connectivity index (χ0n) is 28.8. The molecule has 1 aliphatic rings. The van der Waals surface area contributed by atoms with Crippen LogP contribution in [0.3, 0.4) is 0 Å². The van der Waals surface area contributed by atoms with Gasteiger partial charge in [0.2, 0.25) is 0 Å². The zero-order valence-corrected chi connectivity index (χ0v) is 31.1. The van der Waals surface area contributed by atoms with E-state index in [9.17, 15) is 0 Å². The summed E-state index contributed by atoms with van der Waals surface area (Å²) < 4.78 is 0. The van der Waals surface area contributed by atoms with Gasteiger partial charge < -0.3 is 0 Å². The first-order valence-corrected chi connectivity index (χ1v) is 17.4. The molecule has 0 radical (unpaired) electrons. The summed E-state index contributed by atoms with van der Waals surface area (Å²) in [4.78, 5) is 11.2. The molecule has 1 aliphatic heterocycles. The van der Waals surface area contributed by atoms with Gasteiger partial charge in [0.25, 0.3) is 0 Å². The Bertz CT molecular complexity index is 1250. The number of hydrogen-bond acceptors (Lipinski definition) is 2. The second-order valence-electron chi connectivity index (χ2n) is 12.9. The number of hydrogen-bond donors (Lipinski definition) is 0. The van der Waals surface area contributed by atoms with Gasteiger partial charge in [0.1, 0.15) is 0 Å². The van der Waals surface area contributed by atoms with Crippen molar-refractivity contribution in [1.82, 2.24) is 9.97 Å². The Kier molecular flexibility index (Phi) is 11.0. The van der Waals surface area contributed by atoms with E-state index in [-0.39, 0.29) is 42.7 Å². The summed E-state index contributed by atoms with van der Waals surface area (Å²) in [7, 11) is 0. The minimum atomic E-state index is -0.232. The van der Waals surface area contributed by atoms with Gasteiger partial charge in [-0.25, -0.2) is 0 Å². The van der Waals surface area contributed by atoms with Gasteiger partial charge in [0.05, 0.1) is 0 Å². The summed E-state index contributed by atoms with van der Waals surface area (Å²) in [5.74, 6) is 0. The number of benzene rings is 2. The number of fused-ring (bicyclic) bond motifs is 8. The average Bonchev–Trinajstić information content (AvgIpc) is 3.09. The molecule has 0 amide bonds. The molecule has 3 heterocycles. The smallest absolute Gasteiger partial charge is 0.256 e. The van der Waals surface area contributed by atoms with Crippen molar-refractivity contribution in [2.24, 2.45) is 0 Å². The number of aromatic nitrogens is 2. The van der Waals surface area contributed by atoms with Gasteiger partial charge in [0.15, 0.2) is 0 Å². The van der Waals surface area contributed by atoms with E-state index in [1.54, 1.807) is 0 Å². The third-order valence-corrected chi connectivity index (χ3v) is 11.9. The number of nitrogens with zero attached hydrogens (tertiary/aromatic N) is 2. The van der Waals surface area contributed by atoms with Gasteiger partial charge in [-0.3, -0.25) is 9.97 Å². The van der Waals surface area contributed by atoms with Crippen molar-refractivity contribution in [3.8, 4) is 0 Å². The van der Waals surface area contributed by atoms with E-state index in [0.717, 1.165) is 74.1 Å². The van der Waals surface area contributed by atoms with E-state index in [1.807, 2.05) is 0 Å². The van der Waals surface area contributed by atoms with E-state index in [1.165, 1.54) is 22.3 Å². The van der Waals surface area contributed by atoms with Crippen LogP contribution in [0.5, 0.6) is 0 Å². The average molecular weight is 780 g/mol. The Morgan fingerprint density at radius 3 is 0.778 bits per heavy atom. The van der Waals surface area contributed by atoms with Crippen LogP contribution >= 0.6 is 0 Å². The molecule has 0 saturated heterocycles. The SMILES string of the molecule is CCC1(CC)c2[c-]c(ccc2)C(CC)(CC)c2cccc(n2)C(CC)(CC)c2[c-]c(ccc2)C(CC)(CC)c2cccc1n2.[Pt+2]. The first kappa shape index (κ1) is 35.3. The maximum Gasteiger partial charge on any atom is 2.00 e. The summed E-state index contributed by atoms with van der Waals surface area (Å²) in [6, 6.07) is 35.3. The van der Waals surface area contributed by atoms with Crippen LogP contribution in [0, 0.1) is 12.1 Å². The second-order valence-corrected chi connectivity index (χ2v) is 12.9. The van der Waals surface area contributed by atoms with E-state index in [4.69, 9.17) is 9.97 Å². The van der Waals surface area contributed by atoms with E-state index in [2.05, 4.69) is 140 Å². The normalized spacial score (nSPS) is 17.2. The summed E-state index contributed by atoms with van der Waals surface area (Å²) in [6.07, 6.45) is 7.68.